The maximum absolute atomic E-state index is 14.0. The third-order valence-corrected chi connectivity index (χ3v) is 6.93. The van der Waals surface area contributed by atoms with Crippen LogP contribution in [0.2, 0.25) is 0 Å². The molecule has 2 N–H and O–H groups in total. The van der Waals surface area contributed by atoms with E-state index in [1.165, 1.54) is 12.1 Å². The second-order valence-electron chi connectivity index (χ2n) is 8.42. The Morgan fingerprint density at radius 1 is 1.20 bits per heavy atom. The average Bonchev–Trinajstić information content (AvgIpc) is 3.44. The second kappa shape index (κ2) is 9.49. The molecule has 2 heterocycles. The molecular formula is C26H21BrFN5O2. The van der Waals surface area contributed by atoms with Crippen LogP contribution < -0.4 is 10.2 Å². The van der Waals surface area contributed by atoms with E-state index in [1.807, 2.05) is 22.8 Å². The van der Waals surface area contributed by atoms with Gasteiger partial charge in [-0.05, 0) is 53.8 Å². The summed E-state index contributed by atoms with van der Waals surface area (Å²) in [6.07, 6.45) is 4.03. The SMILES string of the molecule is [C-]#[N+]c1ccc(Cn2cncc2CN[C@@H]2CCN(c3ccc(Br)c4ccc(O)cc34)C2=O)cc1F. The van der Waals surface area contributed by atoms with E-state index in [1.54, 1.807) is 35.6 Å². The Kier molecular flexibility index (Phi) is 6.24. The molecule has 35 heavy (non-hydrogen) atoms. The maximum atomic E-state index is 14.0. The first kappa shape index (κ1) is 23.0. The monoisotopic (exact) mass is 533 g/mol. The zero-order chi connectivity index (χ0) is 24.5. The molecule has 4 aromatic rings. The Morgan fingerprint density at radius 2 is 2.06 bits per heavy atom. The molecule has 1 aromatic heterocycles. The third kappa shape index (κ3) is 4.50. The highest BCUT2D eigenvalue weighted by Gasteiger charge is 2.33. The molecule has 0 unspecified atom stereocenters. The fourth-order valence-corrected chi connectivity index (χ4v) is 4.91. The number of phenolic OH excluding ortho intramolecular Hbond substituents is 1. The van der Waals surface area contributed by atoms with Gasteiger partial charge in [0.2, 0.25) is 11.6 Å². The van der Waals surface area contributed by atoms with Crippen LogP contribution in [-0.2, 0) is 17.9 Å². The van der Waals surface area contributed by atoms with E-state index in [0.29, 0.717) is 26.1 Å². The lowest BCUT2D eigenvalue weighted by Crippen LogP contribution is -2.38. The number of halogens is 2. The van der Waals surface area contributed by atoms with E-state index in [0.717, 1.165) is 32.2 Å². The molecule has 0 bridgehead atoms. The van der Waals surface area contributed by atoms with Gasteiger partial charge in [0.1, 0.15) is 11.6 Å². The minimum atomic E-state index is -0.539. The number of carbonyl (C=O) groups is 1. The summed E-state index contributed by atoms with van der Waals surface area (Å²) >= 11 is 3.54. The van der Waals surface area contributed by atoms with Crippen LogP contribution in [0.4, 0.5) is 15.8 Å². The molecule has 176 valence electrons. The molecule has 3 aromatic carbocycles. The highest BCUT2D eigenvalue weighted by Crippen LogP contribution is 2.36. The number of anilines is 1. The van der Waals surface area contributed by atoms with E-state index in [9.17, 15) is 14.3 Å². The lowest BCUT2D eigenvalue weighted by molar-refractivity contribution is -0.118. The Morgan fingerprint density at radius 3 is 2.86 bits per heavy atom. The Balaban J connectivity index is 1.29. The minimum absolute atomic E-state index is 0.000615. The van der Waals surface area contributed by atoms with Gasteiger partial charge in [-0.1, -0.05) is 28.1 Å². The van der Waals surface area contributed by atoms with E-state index in [2.05, 4.69) is 31.1 Å². The molecule has 0 aliphatic carbocycles. The molecule has 1 saturated heterocycles. The summed E-state index contributed by atoms with van der Waals surface area (Å²) in [7, 11) is 0. The zero-order valence-electron chi connectivity index (χ0n) is 18.6. The van der Waals surface area contributed by atoms with Crippen molar-refractivity contribution in [2.75, 3.05) is 11.4 Å². The summed E-state index contributed by atoms with van der Waals surface area (Å²) in [5.41, 5.74) is 2.36. The Bertz CT molecular complexity index is 1480. The molecule has 1 aliphatic heterocycles. The first-order chi connectivity index (χ1) is 16.9. The summed E-state index contributed by atoms with van der Waals surface area (Å²) in [6, 6.07) is 13.1. The van der Waals surface area contributed by atoms with Crippen LogP contribution in [-0.4, -0.2) is 33.2 Å². The number of nitrogens with zero attached hydrogens (tertiary/aromatic N) is 4. The molecule has 7 nitrogen and oxygen atoms in total. The number of hydrogen-bond acceptors (Lipinski definition) is 4. The second-order valence-corrected chi connectivity index (χ2v) is 9.27. The number of carbonyl (C=O) groups excluding carboxylic acids is 1. The smallest absolute Gasteiger partial charge is 0.244 e. The summed E-state index contributed by atoms with van der Waals surface area (Å²) in [4.78, 5) is 22.4. The van der Waals surface area contributed by atoms with E-state index in [4.69, 9.17) is 6.57 Å². The highest BCUT2D eigenvalue weighted by molar-refractivity contribution is 9.10. The quantitative estimate of drug-likeness (QED) is 0.336. The van der Waals surface area contributed by atoms with Gasteiger partial charge >= 0.3 is 0 Å². The van der Waals surface area contributed by atoms with Crippen LogP contribution in [0.15, 0.2) is 65.5 Å². The van der Waals surface area contributed by atoms with Gasteiger partial charge in [-0.15, -0.1) is 0 Å². The van der Waals surface area contributed by atoms with Gasteiger partial charge in [-0.2, -0.15) is 0 Å². The fraction of sp³-hybridized carbons (Fsp3) is 0.192. The first-order valence-corrected chi connectivity index (χ1v) is 11.8. The third-order valence-electron chi connectivity index (χ3n) is 6.23. The van der Waals surface area contributed by atoms with Crippen molar-refractivity contribution in [1.82, 2.24) is 14.9 Å². The van der Waals surface area contributed by atoms with E-state index >= 15 is 0 Å². The first-order valence-electron chi connectivity index (χ1n) is 11.1. The molecule has 1 fully saturated rings. The standard InChI is InChI=1S/C26H21BrFN5O2/c1-29-23-6-2-16(10-22(23)28)14-32-15-30-12-17(32)13-31-24-8-9-33(26(24)35)25-7-5-21(27)19-4-3-18(34)11-20(19)25/h2-7,10-12,15,24,31,34H,8-9,13-14H2/t24-/m1/s1. The number of rotatable bonds is 6. The largest absolute Gasteiger partial charge is 0.508 e. The molecule has 9 heteroatoms. The van der Waals surface area contributed by atoms with Crippen LogP contribution >= 0.6 is 15.9 Å². The number of imidazole rings is 1. The van der Waals surface area contributed by atoms with Crippen LogP contribution in [0.3, 0.4) is 0 Å². The van der Waals surface area contributed by atoms with Crippen molar-refractivity contribution < 1.29 is 14.3 Å². The van der Waals surface area contributed by atoms with Gasteiger partial charge in [0.05, 0.1) is 30.3 Å². The molecule has 0 saturated carbocycles. The Hall–Kier alpha value is -3.74. The lowest BCUT2D eigenvalue weighted by atomic mass is 10.1. The van der Waals surface area contributed by atoms with Crippen molar-refractivity contribution in [3.63, 3.8) is 0 Å². The average molecular weight is 534 g/mol. The van der Waals surface area contributed by atoms with Gasteiger partial charge < -0.3 is 19.9 Å². The van der Waals surface area contributed by atoms with Crippen molar-refractivity contribution in [3.8, 4) is 5.75 Å². The lowest BCUT2D eigenvalue weighted by Gasteiger charge is -2.20. The number of aromatic hydroxyl groups is 1. The number of benzene rings is 3. The van der Waals surface area contributed by atoms with Gasteiger partial charge in [-0.3, -0.25) is 4.79 Å². The number of hydrogen-bond donors (Lipinski definition) is 2. The van der Waals surface area contributed by atoms with Crippen molar-refractivity contribution >= 4 is 44.0 Å². The van der Waals surface area contributed by atoms with Crippen molar-refractivity contribution in [3.05, 3.63) is 94.0 Å². The molecular weight excluding hydrogens is 513 g/mol. The number of nitrogens with one attached hydrogen (secondary N) is 1. The normalized spacial score (nSPS) is 15.6. The van der Waals surface area contributed by atoms with Gasteiger partial charge in [-0.25, -0.2) is 14.2 Å². The fourth-order valence-electron chi connectivity index (χ4n) is 4.43. The number of phenols is 1. The van der Waals surface area contributed by atoms with Gasteiger partial charge in [0, 0.05) is 35.7 Å². The van der Waals surface area contributed by atoms with Crippen LogP contribution in [0.1, 0.15) is 17.7 Å². The number of amides is 1. The van der Waals surface area contributed by atoms with Crippen molar-refractivity contribution in [2.24, 2.45) is 0 Å². The summed E-state index contributed by atoms with van der Waals surface area (Å²) in [5.74, 6) is -0.419. The van der Waals surface area contributed by atoms with Crippen molar-refractivity contribution in [1.29, 1.82) is 0 Å². The number of aromatic nitrogens is 2. The predicted octanol–water partition coefficient (Wildman–Crippen LogP) is 5.14. The molecule has 0 spiro atoms. The summed E-state index contributed by atoms with van der Waals surface area (Å²) in [6.45, 7) is 8.38. The summed E-state index contributed by atoms with van der Waals surface area (Å²) in [5, 5.41) is 15.1. The molecule has 1 amide bonds. The van der Waals surface area contributed by atoms with Crippen LogP contribution in [0.25, 0.3) is 15.6 Å². The Labute approximate surface area is 209 Å². The van der Waals surface area contributed by atoms with Gasteiger partial charge in [0.15, 0.2) is 0 Å². The molecule has 1 aliphatic rings. The minimum Gasteiger partial charge on any atom is -0.508 e. The predicted molar refractivity (Wildman–Crippen MR) is 135 cm³/mol. The van der Waals surface area contributed by atoms with Crippen LogP contribution in [0.5, 0.6) is 5.75 Å². The molecule has 5 rings (SSSR count). The van der Waals surface area contributed by atoms with E-state index < -0.39 is 5.82 Å². The maximum Gasteiger partial charge on any atom is 0.244 e. The topological polar surface area (TPSA) is 74.8 Å². The van der Waals surface area contributed by atoms with E-state index in [-0.39, 0.29) is 23.4 Å². The number of fused-ring (bicyclic) bond motifs is 1. The molecule has 0 radical (unpaired) electrons. The highest BCUT2D eigenvalue weighted by atomic mass is 79.9. The molecule has 1 atom stereocenters. The van der Waals surface area contributed by atoms with Crippen LogP contribution in [0, 0.1) is 12.4 Å². The van der Waals surface area contributed by atoms with Gasteiger partial charge in [0.25, 0.3) is 0 Å². The zero-order valence-corrected chi connectivity index (χ0v) is 20.2. The van der Waals surface area contributed by atoms with Crippen molar-refractivity contribution in [2.45, 2.75) is 25.6 Å². The summed E-state index contributed by atoms with van der Waals surface area (Å²) < 4.78 is 16.8.